The Hall–Kier alpha value is -0.550. The quantitative estimate of drug-likeness (QED) is 0.843. The fraction of sp³-hybridized carbons (Fsp3) is 0.400. The van der Waals surface area contributed by atoms with Crippen LogP contribution in [0.5, 0.6) is 11.5 Å². The summed E-state index contributed by atoms with van der Waals surface area (Å²) in [6.07, 6.45) is -0.0262. The SMILES string of the molecule is COc1cc(Br)c(O)c(CP(=O)(OC)OC)c1. The van der Waals surface area contributed by atoms with Crippen LogP contribution in [0.15, 0.2) is 16.6 Å². The van der Waals surface area contributed by atoms with Crippen LogP contribution in [0, 0.1) is 0 Å². The third-order valence-corrected chi connectivity index (χ3v) is 4.72. The first kappa shape index (κ1) is 14.5. The summed E-state index contributed by atoms with van der Waals surface area (Å²) >= 11 is 3.19. The van der Waals surface area contributed by atoms with Crippen molar-refractivity contribution in [3.63, 3.8) is 0 Å². The van der Waals surface area contributed by atoms with E-state index in [0.717, 1.165) is 0 Å². The average molecular weight is 325 g/mol. The fourth-order valence-corrected chi connectivity index (χ4v) is 2.82. The molecule has 1 rings (SSSR count). The van der Waals surface area contributed by atoms with Crippen molar-refractivity contribution in [2.45, 2.75) is 6.16 Å². The molecule has 96 valence electrons. The zero-order valence-electron chi connectivity index (χ0n) is 9.77. The van der Waals surface area contributed by atoms with Crippen LogP contribution in [-0.4, -0.2) is 26.4 Å². The summed E-state index contributed by atoms with van der Waals surface area (Å²) in [6.45, 7) is 0. The molecule has 1 aromatic rings. The van der Waals surface area contributed by atoms with Gasteiger partial charge in [0, 0.05) is 19.8 Å². The van der Waals surface area contributed by atoms with E-state index in [1.165, 1.54) is 21.3 Å². The number of rotatable bonds is 5. The molecule has 0 saturated carbocycles. The first-order valence-electron chi connectivity index (χ1n) is 4.71. The zero-order valence-corrected chi connectivity index (χ0v) is 12.2. The second-order valence-corrected chi connectivity index (χ2v) is 6.37. The molecule has 0 aliphatic rings. The van der Waals surface area contributed by atoms with E-state index in [-0.39, 0.29) is 11.9 Å². The molecule has 0 spiro atoms. The van der Waals surface area contributed by atoms with E-state index in [1.54, 1.807) is 12.1 Å². The number of hydrogen-bond acceptors (Lipinski definition) is 5. The molecule has 0 heterocycles. The van der Waals surface area contributed by atoms with Gasteiger partial charge in [-0.1, -0.05) is 0 Å². The first-order chi connectivity index (χ1) is 7.95. The van der Waals surface area contributed by atoms with E-state index in [2.05, 4.69) is 15.9 Å². The number of hydrogen-bond donors (Lipinski definition) is 1. The van der Waals surface area contributed by atoms with Gasteiger partial charge in [-0.3, -0.25) is 4.57 Å². The highest BCUT2D eigenvalue weighted by molar-refractivity contribution is 9.10. The maximum Gasteiger partial charge on any atom is 0.334 e. The van der Waals surface area contributed by atoms with Crippen molar-refractivity contribution < 1.29 is 23.5 Å². The van der Waals surface area contributed by atoms with Crippen molar-refractivity contribution in [1.82, 2.24) is 0 Å². The first-order valence-corrected chi connectivity index (χ1v) is 7.23. The van der Waals surface area contributed by atoms with E-state index in [4.69, 9.17) is 13.8 Å². The van der Waals surface area contributed by atoms with Gasteiger partial charge in [-0.25, -0.2) is 0 Å². The summed E-state index contributed by atoms with van der Waals surface area (Å²) < 4.78 is 27.1. The van der Waals surface area contributed by atoms with E-state index < -0.39 is 7.60 Å². The fourth-order valence-electron chi connectivity index (χ4n) is 1.28. The Bertz CT molecular complexity index is 441. The lowest BCUT2D eigenvalue weighted by atomic mass is 10.2. The standard InChI is InChI=1S/C10H14BrO5P/c1-14-8-4-7(10(12)9(11)5-8)6-17(13,15-2)16-3/h4-5,12H,6H2,1-3H3. The van der Waals surface area contributed by atoms with Gasteiger partial charge in [0.15, 0.2) is 0 Å². The second kappa shape index (κ2) is 5.87. The van der Waals surface area contributed by atoms with Crippen molar-refractivity contribution >= 4 is 23.5 Å². The molecular formula is C10H14BrO5P. The molecule has 1 aromatic carbocycles. The summed E-state index contributed by atoms with van der Waals surface area (Å²) in [6, 6.07) is 3.20. The van der Waals surface area contributed by atoms with Gasteiger partial charge in [-0.2, -0.15) is 0 Å². The topological polar surface area (TPSA) is 65.0 Å². The van der Waals surface area contributed by atoms with Crippen molar-refractivity contribution in [2.75, 3.05) is 21.3 Å². The lowest BCUT2D eigenvalue weighted by Gasteiger charge is -2.15. The van der Waals surface area contributed by atoms with Crippen LogP contribution in [0.1, 0.15) is 5.56 Å². The Balaban J connectivity index is 3.13. The lowest BCUT2D eigenvalue weighted by molar-refractivity contribution is 0.274. The third kappa shape index (κ3) is 3.45. The van der Waals surface area contributed by atoms with E-state index in [0.29, 0.717) is 15.8 Å². The van der Waals surface area contributed by atoms with Gasteiger partial charge in [0.1, 0.15) is 11.5 Å². The van der Waals surface area contributed by atoms with Crippen LogP contribution >= 0.6 is 23.5 Å². The number of aromatic hydroxyl groups is 1. The molecule has 0 aliphatic heterocycles. The summed E-state index contributed by atoms with van der Waals surface area (Å²) in [7, 11) is 0.896. The molecule has 0 amide bonds. The van der Waals surface area contributed by atoms with E-state index >= 15 is 0 Å². The Morgan fingerprint density at radius 1 is 1.29 bits per heavy atom. The van der Waals surface area contributed by atoms with Gasteiger partial charge in [0.05, 0.1) is 17.7 Å². The minimum atomic E-state index is -3.22. The lowest BCUT2D eigenvalue weighted by Crippen LogP contribution is -1.95. The highest BCUT2D eigenvalue weighted by Gasteiger charge is 2.24. The molecule has 1 N–H and O–H groups in total. The summed E-state index contributed by atoms with van der Waals surface area (Å²) in [5, 5.41) is 9.84. The minimum absolute atomic E-state index is 0.000116. The van der Waals surface area contributed by atoms with Crippen molar-refractivity contribution in [3.05, 3.63) is 22.2 Å². The maximum absolute atomic E-state index is 12.0. The number of ether oxygens (including phenoxy) is 1. The average Bonchev–Trinajstić information content (AvgIpc) is 2.34. The summed E-state index contributed by atoms with van der Waals surface area (Å²) in [5.41, 5.74) is 0.434. The largest absolute Gasteiger partial charge is 0.506 e. The Morgan fingerprint density at radius 2 is 1.88 bits per heavy atom. The summed E-state index contributed by atoms with van der Waals surface area (Å²) in [4.78, 5) is 0. The molecule has 0 saturated heterocycles. The highest BCUT2D eigenvalue weighted by Crippen LogP contribution is 2.52. The molecule has 0 unspecified atom stereocenters. The predicted molar refractivity (Wildman–Crippen MR) is 67.7 cm³/mol. The number of phenolic OH excluding ortho intramolecular Hbond substituents is 1. The van der Waals surface area contributed by atoms with Crippen LogP contribution in [-0.2, 0) is 19.8 Å². The van der Waals surface area contributed by atoms with Gasteiger partial charge in [0.2, 0.25) is 0 Å². The van der Waals surface area contributed by atoms with Crippen LogP contribution < -0.4 is 4.74 Å². The molecule has 5 nitrogen and oxygen atoms in total. The molecule has 0 aliphatic carbocycles. The van der Waals surface area contributed by atoms with Crippen LogP contribution in [0.2, 0.25) is 0 Å². The third-order valence-electron chi connectivity index (χ3n) is 2.27. The smallest absolute Gasteiger partial charge is 0.334 e. The Kier molecular flexibility index (Phi) is 5.01. The molecule has 0 radical (unpaired) electrons. The van der Waals surface area contributed by atoms with Crippen molar-refractivity contribution in [1.29, 1.82) is 0 Å². The van der Waals surface area contributed by atoms with Crippen LogP contribution in [0.3, 0.4) is 0 Å². The zero-order chi connectivity index (χ0) is 13.1. The number of halogens is 1. The van der Waals surface area contributed by atoms with Gasteiger partial charge in [0.25, 0.3) is 0 Å². The second-order valence-electron chi connectivity index (χ2n) is 3.25. The Morgan fingerprint density at radius 3 is 2.35 bits per heavy atom. The number of benzene rings is 1. The molecule has 0 atom stereocenters. The normalized spacial score (nSPS) is 11.5. The van der Waals surface area contributed by atoms with E-state index in [1.807, 2.05) is 0 Å². The molecule has 0 bridgehead atoms. The van der Waals surface area contributed by atoms with Crippen molar-refractivity contribution in [3.8, 4) is 11.5 Å². The number of phenols is 1. The monoisotopic (exact) mass is 324 g/mol. The van der Waals surface area contributed by atoms with Gasteiger partial charge in [-0.05, 0) is 28.1 Å². The molecule has 17 heavy (non-hydrogen) atoms. The van der Waals surface area contributed by atoms with Gasteiger partial charge in [-0.15, -0.1) is 0 Å². The van der Waals surface area contributed by atoms with Gasteiger partial charge < -0.3 is 18.9 Å². The molecule has 0 fully saturated rings. The highest BCUT2D eigenvalue weighted by atomic mass is 79.9. The molecular weight excluding hydrogens is 311 g/mol. The van der Waals surface area contributed by atoms with Crippen molar-refractivity contribution in [2.24, 2.45) is 0 Å². The van der Waals surface area contributed by atoms with Crippen LogP contribution in [0.25, 0.3) is 0 Å². The van der Waals surface area contributed by atoms with Crippen LogP contribution in [0.4, 0.5) is 0 Å². The van der Waals surface area contributed by atoms with Gasteiger partial charge >= 0.3 is 7.60 Å². The Labute approximate surface area is 108 Å². The van der Waals surface area contributed by atoms with E-state index in [9.17, 15) is 9.67 Å². The maximum atomic E-state index is 12.0. The number of methoxy groups -OCH3 is 1. The molecule has 7 heteroatoms. The predicted octanol–water partition coefficient (Wildman–Crippen LogP) is 3.15. The minimum Gasteiger partial charge on any atom is -0.506 e. The molecule has 0 aromatic heterocycles. The summed E-state index contributed by atoms with van der Waals surface area (Å²) in [5.74, 6) is 0.545.